The fourth-order valence-electron chi connectivity index (χ4n) is 4.97. The number of anilines is 1. The molecule has 1 aromatic carbocycles. The number of oxime groups is 1. The van der Waals surface area contributed by atoms with Crippen LogP contribution >= 0.6 is 0 Å². The number of aromatic nitrogens is 2. The van der Waals surface area contributed by atoms with Crippen molar-refractivity contribution in [3.8, 4) is 6.07 Å². The number of nitriles is 1. The summed E-state index contributed by atoms with van der Waals surface area (Å²) < 4.78 is 1.58. The number of fused-ring (bicyclic) bond motifs is 1. The lowest BCUT2D eigenvalue weighted by Gasteiger charge is -2.37. The van der Waals surface area contributed by atoms with Crippen molar-refractivity contribution in [2.24, 2.45) is 18.1 Å². The minimum Gasteiger partial charge on any atom is -0.390 e. The molecule has 0 atom stereocenters. The molecule has 36 heavy (non-hydrogen) atoms. The van der Waals surface area contributed by atoms with Gasteiger partial charge in [-0.15, -0.1) is 0 Å². The second-order valence-corrected chi connectivity index (χ2v) is 10.7. The molecule has 0 radical (unpaired) electrons. The summed E-state index contributed by atoms with van der Waals surface area (Å²) in [6, 6.07) is 15.8. The first-order valence-electron chi connectivity index (χ1n) is 12.5. The number of hydrogen-bond acceptors (Lipinski definition) is 6. The molecular weight excluding hydrogens is 450 g/mol. The monoisotopic (exact) mass is 485 g/mol. The molecule has 2 aromatic heterocycles. The highest BCUT2D eigenvalue weighted by Gasteiger charge is 2.30. The Balaban J connectivity index is 1.60. The molecule has 3 aromatic rings. The van der Waals surface area contributed by atoms with Gasteiger partial charge in [0.05, 0.1) is 16.9 Å². The van der Waals surface area contributed by atoms with Gasteiger partial charge in [-0.2, -0.15) is 5.26 Å². The number of nitrogens with zero attached hydrogens (tertiary/aromatic N) is 5. The Morgan fingerprint density at radius 1 is 1.17 bits per heavy atom. The number of pyridine rings is 2. The largest absolute Gasteiger partial charge is 0.390 e. The van der Waals surface area contributed by atoms with Gasteiger partial charge < -0.3 is 14.3 Å². The molecule has 0 bridgehead atoms. The Morgan fingerprint density at radius 3 is 2.50 bits per heavy atom. The van der Waals surface area contributed by atoms with Gasteiger partial charge in [0.15, 0.2) is 0 Å². The van der Waals surface area contributed by atoms with Crippen LogP contribution in [0.15, 0.2) is 52.4 Å². The van der Waals surface area contributed by atoms with Crippen LogP contribution in [0.25, 0.3) is 11.0 Å². The Morgan fingerprint density at radius 2 is 1.86 bits per heavy atom. The smallest absolute Gasteiger partial charge is 0.252 e. The maximum atomic E-state index is 12.7. The number of aryl methyl sites for hydroxylation is 2. The van der Waals surface area contributed by atoms with E-state index >= 15 is 0 Å². The van der Waals surface area contributed by atoms with Crippen LogP contribution in [-0.4, -0.2) is 34.0 Å². The third kappa shape index (κ3) is 5.28. The second-order valence-electron chi connectivity index (χ2n) is 10.7. The normalized spacial score (nSPS) is 18.6. The van der Waals surface area contributed by atoms with Gasteiger partial charge in [-0.05, 0) is 71.1 Å². The van der Waals surface area contributed by atoms with E-state index in [9.17, 15) is 10.1 Å². The minimum atomic E-state index is -0.360. The Bertz CT molecular complexity index is 1390. The Hall–Kier alpha value is -3.66. The summed E-state index contributed by atoms with van der Waals surface area (Å²) in [5, 5.41) is 14.0. The molecule has 0 saturated heterocycles. The van der Waals surface area contributed by atoms with Crippen LogP contribution in [0.4, 0.5) is 5.69 Å². The molecule has 1 aliphatic rings. The summed E-state index contributed by atoms with van der Waals surface area (Å²) in [6.07, 6.45) is 3.84. The van der Waals surface area contributed by atoms with Crippen molar-refractivity contribution in [2.75, 3.05) is 11.9 Å². The maximum absolute atomic E-state index is 12.7. The SMILES string of the molecule is Cc1ccccc1/C(=N/OC(C)(C)C)C1CCC(N(C)c2cc(=O)n(C)c3ccc(C#N)nc23)CC1. The topological polar surface area (TPSA) is 83.5 Å². The van der Waals surface area contributed by atoms with Crippen LogP contribution < -0.4 is 10.5 Å². The van der Waals surface area contributed by atoms with E-state index in [0.29, 0.717) is 17.1 Å². The average molecular weight is 486 g/mol. The lowest BCUT2D eigenvalue weighted by Crippen LogP contribution is -2.38. The first-order valence-corrected chi connectivity index (χ1v) is 12.5. The van der Waals surface area contributed by atoms with Gasteiger partial charge in [0.1, 0.15) is 22.9 Å². The van der Waals surface area contributed by atoms with E-state index in [0.717, 1.165) is 48.2 Å². The molecule has 1 saturated carbocycles. The van der Waals surface area contributed by atoms with Gasteiger partial charge in [0.25, 0.3) is 5.56 Å². The predicted octanol–water partition coefficient (Wildman–Crippen LogP) is 5.33. The predicted molar refractivity (Wildman–Crippen MR) is 144 cm³/mol. The van der Waals surface area contributed by atoms with Gasteiger partial charge in [-0.3, -0.25) is 4.79 Å². The zero-order chi connectivity index (χ0) is 26.0. The first kappa shape index (κ1) is 25.4. The highest BCUT2D eigenvalue weighted by Crippen LogP contribution is 2.34. The van der Waals surface area contributed by atoms with Gasteiger partial charge in [0, 0.05) is 37.7 Å². The van der Waals surface area contributed by atoms with Gasteiger partial charge >= 0.3 is 0 Å². The van der Waals surface area contributed by atoms with Gasteiger partial charge in [0.2, 0.25) is 0 Å². The summed E-state index contributed by atoms with van der Waals surface area (Å²) in [7, 11) is 3.76. The van der Waals surface area contributed by atoms with Crippen molar-refractivity contribution >= 4 is 22.4 Å². The van der Waals surface area contributed by atoms with Crippen molar-refractivity contribution < 1.29 is 4.84 Å². The summed E-state index contributed by atoms with van der Waals surface area (Å²) in [6.45, 7) is 8.15. The summed E-state index contributed by atoms with van der Waals surface area (Å²) in [5.74, 6) is 0.293. The Kier molecular flexibility index (Phi) is 7.16. The third-order valence-electron chi connectivity index (χ3n) is 7.03. The van der Waals surface area contributed by atoms with Crippen LogP contribution in [0.3, 0.4) is 0 Å². The maximum Gasteiger partial charge on any atom is 0.252 e. The van der Waals surface area contributed by atoms with E-state index in [1.165, 1.54) is 5.56 Å². The molecule has 0 unspecified atom stereocenters. The lowest BCUT2D eigenvalue weighted by molar-refractivity contribution is -0.0000370. The summed E-state index contributed by atoms with van der Waals surface area (Å²) in [5.41, 5.74) is 5.44. The van der Waals surface area contributed by atoms with E-state index < -0.39 is 0 Å². The quantitative estimate of drug-likeness (QED) is 0.360. The van der Waals surface area contributed by atoms with Gasteiger partial charge in [-0.25, -0.2) is 4.98 Å². The molecular formula is C29H35N5O2. The Labute approximate surface area is 213 Å². The van der Waals surface area contributed by atoms with Crippen molar-refractivity contribution in [3.05, 3.63) is 69.6 Å². The zero-order valence-corrected chi connectivity index (χ0v) is 22.1. The third-order valence-corrected chi connectivity index (χ3v) is 7.03. The first-order chi connectivity index (χ1) is 17.1. The van der Waals surface area contributed by atoms with Crippen molar-refractivity contribution in [3.63, 3.8) is 0 Å². The fraction of sp³-hybridized carbons (Fsp3) is 0.448. The molecule has 4 rings (SSSR count). The molecule has 0 aliphatic heterocycles. The standard InChI is InChI=1S/C29H35N5O2/c1-19-9-7-8-10-23(19)27(32-36-29(2,3)4)20-11-14-22(15-12-20)33(5)25-17-26(35)34(6)24-16-13-21(18-30)31-28(24)25/h7-10,13,16-17,20,22H,11-12,14-15H2,1-6H3/b32-27+. The van der Waals surface area contributed by atoms with E-state index in [4.69, 9.17) is 4.84 Å². The number of hydrogen-bond donors (Lipinski definition) is 0. The number of rotatable bonds is 5. The second kappa shape index (κ2) is 10.1. The molecule has 0 N–H and O–H groups in total. The molecule has 188 valence electrons. The summed E-state index contributed by atoms with van der Waals surface area (Å²) >= 11 is 0. The molecule has 0 spiro atoms. The molecule has 1 fully saturated rings. The van der Waals surface area contributed by atoms with Gasteiger partial charge in [-0.1, -0.05) is 29.4 Å². The van der Waals surface area contributed by atoms with Crippen LogP contribution in [0.2, 0.25) is 0 Å². The lowest BCUT2D eigenvalue weighted by atomic mass is 9.80. The molecule has 7 heteroatoms. The highest BCUT2D eigenvalue weighted by molar-refractivity contribution is 6.03. The zero-order valence-electron chi connectivity index (χ0n) is 22.1. The van der Waals surface area contributed by atoms with Crippen LogP contribution in [0.5, 0.6) is 0 Å². The van der Waals surface area contributed by atoms with E-state index in [2.05, 4.69) is 46.2 Å². The molecule has 0 amide bonds. The number of benzene rings is 1. The van der Waals surface area contributed by atoms with Crippen molar-refractivity contribution in [1.82, 2.24) is 9.55 Å². The average Bonchev–Trinajstić information content (AvgIpc) is 2.86. The van der Waals surface area contributed by atoms with Crippen molar-refractivity contribution in [1.29, 1.82) is 5.26 Å². The van der Waals surface area contributed by atoms with Crippen molar-refractivity contribution in [2.45, 2.75) is 65.0 Å². The van der Waals surface area contributed by atoms with E-state index in [1.54, 1.807) is 29.8 Å². The van der Waals surface area contributed by atoms with E-state index in [1.807, 2.05) is 33.9 Å². The van der Waals surface area contributed by atoms with Crippen LogP contribution in [0.1, 0.15) is 63.3 Å². The van der Waals surface area contributed by atoms with E-state index in [-0.39, 0.29) is 17.2 Å². The fourth-order valence-corrected chi connectivity index (χ4v) is 4.97. The van der Waals surface area contributed by atoms with Crippen LogP contribution in [0, 0.1) is 24.2 Å². The molecule has 2 heterocycles. The van der Waals surface area contributed by atoms with Crippen LogP contribution in [-0.2, 0) is 11.9 Å². The molecule has 7 nitrogen and oxygen atoms in total. The molecule has 1 aliphatic carbocycles. The highest BCUT2D eigenvalue weighted by atomic mass is 16.6. The minimum absolute atomic E-state index is 0.0853. The summed E-state index contributed by atoms with van der Waals surface area (Å²) in [4.78, 5) is 25.3.